The number of hydrogen-bond donors (Lipinski definition) is 1. The van der Waals surface area contributed by atoms with Crippen LogP contribution < -0.4 is 5.32 Å². The van der Waals surface area contributed by atoms with Crippen molar-refractivity contribution in [2.24, 2.45) is 0 Å². The number of aromatic nitrogens is 1. The Balaban J connectivity index is 2.23. The Bertz CT molecular complexity index is 538. The lowest BCUT2D eigenvalue weighted by molar-refractivity contribution is 0.230. The first-order valence-corrected chi connectivity index (χ1v) is 5.67. The molecule has 0 spiro atoms. The number of amides is 2. The molecule has 2 amide bonds. The fourth-order valence-electron chi connectivity index (χ4n) is 1.50. The third-order valence-electron chi connectivity index (χ3n) is 2.46. The van der Waals surface area contributed by atoms with E-state index >= 15 is 0 Å². The second-order valence-electron chi connectivity index (χ2n) is 4.10. The van der Waals surface area contributed by atoms with Gasteiger partial charge in [0.25, 0.3) is 0 Å². The second kappa shape index (κ2) is 5.31. The summed E-state index contributed by atoms with van der Waals surface area (Å²) in [7, 11) is 3.38. The number of urea groups is 1. The van der Waals surface area contributed by atoms with Crippen molar-refractivity contribution >= 4 is 11.8 Å². The number of rotatable bonds is 2. The van der Waals surface area contributed by atoms with Crippen molar-refractivity contribution < 1.29 is 4.79 Å². The molecule has 0 saturated carbocycles. The van der Waals surface area contributed by atoms with Crippen LogP contribution in [0.15, 0.2) is 48.5 Å². The fourth-order valence-corrected chi connectivity index (χ4v) is 1.50. The molecule has 1 aromatic heterocycles. The average molecular weight is 241 g/mol. The number of carbonyl (C=O) groups is 1. The Morgan fingerprint density at radius 2 is 1.78 bits per heavy atom. The van der Waals surface area contributed by atoms with Gasteiger partial charge in [0.05, 0.1) is 5.69 Å². The topological polar surface area (TPSA) is 45.2 Å². The Labute approximate surface area is 106 Å². The van der Waals surface area contributed by atoms with Crippen LogP contribution in [0.1, 0.15) is 0 Å². The number of nitrogens with one attached hydrogen (secondary N) is 1. The van der Waals surface area contributed by atoms with Gasteiger partial charge < -0.3 is 4.90 Å². The Hall–Kier alpha value is -2.36. The maximum atomic E-state index is 11.5. The van der Waals surface area contributed by atoms with Crippen LogP contribution in [-0.4, -0.2) is 30.0 Å². The van der Waals surface area contributed by atoms with Crippen molar-refractivity contribution in [3.8, 4) is 11.3 Å². The van der Waals surface area contributed by atoms with Gasteiger partial charge in [0.2, 0.25) is 0 Å². The lowest BCUT2D eigenvalue weighted by atomic mass is 10.1. The van der Waals surface area contributed by atoms with Gasteiger partial charge in [-0.25, -0.2) is 9.78 Å². The monoisotopic (exact) mass is 241 g/mol. The molecule has 1 aromatic carbocycles. The van der Waals surface area contributed by atoms with E-state index in [4.69, 9.17) is 0 Å². The van der Waals surface area contributed by atoms with Crippen molar-refractivity contribution in [3.05, 3.63) is 48.5 Å². The van der Waals surface area contributed by atoms with Gasteiger partial charge in [-0.05, 0) is 12.1 Å². The van der Waals surface area contributed by atoms with Gasteiger partial charge in [-0.3, -0.25) is 5.32 Å². The molecule has 0 atom stereocenters. The highest BCUT2D eigenvalue weighted by molar-refractivity contribution is 5.88. The summed E-state index contributed by atoms with van der Waals surface area (Å²) < 4.78 is 0. The van der Waals surface area contributed by atoms with E-state index in [-0.39, 0.29) is 6.03 Å². The van der Waals surface area contributed by atoms with E-state index in [1.54, 1.807) is 20.2 Å². The zero-order valence-electron chi connectivity index (χ0n) is 10.4. The van der Waals surface area contributed by atoms with Crippen LogP contribution in [0.5, 0.6) is 0 Å². The fraction of sp³-hybridized carbons (Fsp3) is 0.143. The molecule has 4 nitrogen and oxygen atoms in total. The summed E-state index contributed by atoms with van der Waals surface area (Å²) >= 11 is 0. The Kier molecular flexibility index (Phi) is 3.57. The molecule has 0 radical (unpaired) electrons. The highest BCUT2D eigenvalue weighted by atomic mass is 16.2. The van der Waals surface area contributed by atoms with Gasteiger partial charge in [-0.1, -0.05) is 36.4 Å². The molecule has 0 aliphatic carbocycles. The zero-order valence-corrected chi connectivity index (χ0v) is 10.4. The predicted octanol–water partition coefficient (Wildman–Crippen LogP) is 2.84. The van der Waals surface area contributed by atoms with Crippen molar-refractivity contribution in [2.45, 2.75) is 0 Å². The molecular weight excluding hydrogens is 226 g/mol. The van der Waals surface area contributed by atoms with Crippen LogP contribution in [0, 0.1) is 0 Å². The maximum Gasteiger partial charge on any atom is 0.322 e. The molecule has 0 unspecified atom stereocenters. The summed E-state index contributed by atoms with van der Waals surface area (Å²) in [4.78, 5) is 17.4. The normalized spacial score (nSPS) is 9.89. The van der Waals surface area contributed by atoms with Gasteiger partial charge in [0.1, 0.15) is 5.82 Å². The molecule has 0 saturated heterocycles. The van der Waals surface area contributed by atoms with Gasteiger partial charge in [-0.15, -0.1) is 0 Å². The molecule has 2 rings (SSSR count). The van der Waals surface area contributed by atoms with Gasteiger partial charge >= 0.3 is 6.03 Å². The summed E-state index contributed by atoms with van der Waals surface area (Å²) in [6, 6.07) is 15.2. The smallest absolute Gasteiger partial charge is 0.322 e. The van der Waals surface area contributed by atoms with E-state index in [1.165, 1.54) is 4.90 Å². The molecule has 0 bridgehead atoms. The summed E-state index contributed by atoms with van der Waals surface area (Å²) in [5.74, 6) is 0.551. The standard InChI is InChI=1S/C14H15N3O/c1-17(2)14(18)16-13-10-6-9-12(15-13)11-7-4-3-5-8-11/h3-10H,1-2H3,(H,15,16,18). The van der Waals surface area contributed by atoms with Gasteiger partial charge in [0, 0.05) is 19.7 Å². The lowest BCUT2D eigenvalue weighted by Crippen LogP contribution is -2.27. The van der Waals surface area contributed by atoms with Gasteiger partial charge in [0.15, 0.2) is 0 Å². The zero-order chi connectivity index (χ0) is 13.0. The first-order valence-electron chi connectivity index (χ1n) is 5.67. The first-order chi connectivity index (χ1) is 8.66. The molecule has 0 aliphatic rings. The number of pyridine rings is 1. The Morgan fingerprint density at radius 3 is 2.44 bits per heavy atom. The van der Waals surface area contributed by atoms with Crippen LogP contribution in [0.2, 0.25) is 0 Å². The van der Waals surface area contributed by atoms with Gasteiger partial charge in [-0.2, -0.15) is 0 Å². The summed E-state index contributed by atoms with van der Waals surface area (Å²) in [6.45, 7) is 0. The maximum absolute atomic E-state index is 11.5. The van der Waals surface area contributed by atoms with Crippen LogP contribution in [0.4, 0.5) is 10.6 Å². The minimum absolute atomic E-state index is 0.187. The lowest BCUT2D eigenvalue weighted by Gasteiger charge is -2.11. The molecule has 4 heteroatoms. The molecule has 0 aliphatic heterocycles. The van der Waals surface area contributed by atoms with Crippen molar-refractivity contribution in [1.82, 2.24) is 9.88 Å². The van der Waals surface area contributed by atoms with E-state index in [1.807, 2.05) is 42.5 Å². The van der Waals surface area contributed by atoms with Crippen molar-refractivity contribution in [2.75, 3.05) is 19.4 Å². The molecule has 0 fully saturated rings. The summed E-state index contributed by atoms with van der Waals surface area (Å²) in [5.41, 5.74) is 1.87. The highest BCUT2D eigenvalue weighted by Crippen LogP contribution is 2.18. The molecular formula is C14H15N3O. The van der Waals surface area contributed by atoms with E-state index < -0.39 is 0 Å². The third-order valence-corrected chi connectivity index (χ3v) is 2.46. The number of hydrogen-bond acceptors (Lipinski definition) is 2. The number of nitrogens with zero attached hydrogens (tertiary/aromatic N) is 2. The molecule has 1 heterocycles. The van der Waals surface area contributed by atoms with E-state index in [0.29, 0.717) is 5.82 Å². The highest BCUT2D eigenvalue weighted by Gasteiger charge is 2.05. The van der Waals surface area contributed by atoms with Crippen LogP contribution in [0.3, 0.4) is 0 Å². The van der Waals surface area contributed by atoms with Crippen molar-refractivity contribution in [1.29, 1.82) is 0 Å². The molecule has 1 N–H and O–H groups in total. The number of carbonyl (C=O) groups excluding carboxylic acids is 1. The number of anilines is 1. The summed E-state index contributed by atoms with van der Waals surface area (Å²) in [6.07, 6.45) is 0. The number of benzene rings is 1. The Morgan fingerprint density at radius 1 is 1.06 bits per heavy atom. The average Bonchev–Trinajstić information content (AvgIpc) is 2.40. The third kappa shape index (κ3) is 2.85. The van der Waals surface area contributed by atoms with Crippen molar-refractivity contribution in [3.63, 3.8) is 0 Å². The summed E-state index contributed by atoms with van der Waals surface area (Å²) in [5, 5.41) is 2.73. The molecule has 2 aromatic rings. The first kappa shape index (κ1) is 12.1. The quantitative estimate of drug-likeness (QED) is 0.878. The van der Waals surface area contributed by atoms with Crippen LogP contribution in [-0.2, 0) is 0 Å². The van der Waals surface area contributed by atoms with Crippen LogP contribution >= 0.6 is 0 Å². The predicted molar refractivity (Wildman–Crippen MR) is 72.4 cm³/mol. The van der Waals surface area contributed by atoms with Crippen LogP contribution in [0.25, 0.3) is 11.3 Å². The second-order valence-corrected chi connectivity index (χ2v) is 4.10. The van der Waals surface area contributed by atoms with E-state index in [2.05, 4.69) is 10.3 Å². The minimum Gasteiger partial charge on any atom is -0.331 e. The van der Waals surface area contributed by atoms with E-state index in [0.717, 1.165) is 11.3 Å². The SMILES string of the molecule is CN(C)C(=O)Nc1cccc(-c2ccccc2)n1. The molecule has 18 heavy (non-hydrogen) atoms. The molecule has 92 valence electrons. The minimum atomic E-state index is -0.187. The largest absolute Gasteiger partial charge is 0.331 e. The van der Waals surface area contributed by atoms with E-state index in [9.17, 15) is 4.79 Å².